The van der Waals surface area contributed by atoms with E-state index in [9.17, 15) is 4.39 Å². The molecule has 0 unspecified atom stereocenters. The molecular weight excluding hydrogens is 291 g/mol. The van der Waals surface area contributed by atoms with E-state index in [0.29, 0.717) is 6.42 Å². The zero-order chi connectivity index (χ0) is 16.4. The Balaban J connectivity index is 2.01. The lowest BCUT2D eigenvalue weighted by atomic mass is 10.0. The Morgan fingerprint density at radius 2 is 1.65 bits per heavy atom. The van der Waals surface area contributed by atoms with Gasteiger partial charge in [0.25, 0.3) is 0 Å². The molecule has 3 rings (SSSR count). The van der Waals surface area contributed by atoms with Crippen molar-refractivity contribution in [3.63, 3.8) is 0 Å². The number of nitrogens with zero attached hydrogens (tertiary/aromatic N) is 2. The summed E-state index contributed by atoms with van der Waals surface area (Å²) < 4.78 is 15.0. The molecule has 0 aliphatic heterocycles. The van der Waals surface area contributed by atoms with Crippen LogP contribution in [0, 0.1) is 19.7 Å². The number of aryl methyl sites for hydroxylation is 1. The molecule has 3 aromatic rings. The van der Waals surface area contributed by atoms with E-state index in [-0.39, 0.29) is 12.4 Å². The van der Waals surface area contributed by atoms with Crippen molar-refractivity contribution in [3.8, 4) is 16.8 Å². The molecule has 0 saturated carbocycles. The fourth-order valence-corrected chi connectivity index (χ4v) is 2.86. The van der Waals surface area contributed by atoms with Crippen LogP contribution >= 0.6 is 0 Å². The first kappa shape index (κ1) is 15.4. The highest BCUT2D eigenvalue weighted by Crippen LogP contribution is 2.28. The molecule has 1 N–H and O–H groups in total. The third-order valence-electron chi connectivity index (χ3n) is 4.01. The third-order valence-corrected chi connectivity index (χ3v) is 4.01. The van der Waals surface area contributed by atoms with Crippen molar-refractivity contribution in [2.24, 2.45) is 0 Å². The van der Waals surface area contributed by atoms with Gasteiger partial charge in [0.15, 0.2) is 0 Å². The van der Waals surface area contributed by atoms with Gasteiger partial charge in [-0.05, 0) is 55.7 Å². The average Bonchev–Trinajstić information content (AvgIpc) is 2.84. The predicted octanol–water partition coefficient (Wildman–Crippen LogP) is 3.83. The van der Waals surface area contributed by atoms with Crippen LogP contribution in [0.3, 0.4) is 0 Å². The van der Waals surface area contributed by atoms with Gasteiger partial charge in [-0.15, -0.1) is 0 Å². The number of aliphatic hydroxyl groups is 1. The number of aliphatic hydroxyl groups excluding tert-OH is 1. The van der Waals surface area contributed by atoms with Crippen LogP contribution in [-0.4, -0.2) is 21.5 Å². The first-order valence-electron chi connectivity index (χ1n) is 7.62. The van der Waals surface area contributed by atoms with Gasteiger partial charge in [0.05, 0.1) is 11.4 Å². The van der Waals surface area contributed by atoms with Crippen molar-refractivity contribution in [2.45, 2.75) is 20.3 Å². The van der Waals surface area contributed by atoms with Crippen LogP contribution in [0.4, 0.5) is 4.39 Å². The fourth-order valence-electron chi connectivity index (χ4n) is 2.86. The molecule has 0 saturated heterocycles. The number of aromatic nitrogens is 2. The van der Waals surface area contributed by atoms with Gasteiger partial charge >= 0.3 is 0 Å². The smallest absolute Gasteiger partial charge is 0.123 e. The summed E-state index contributed by atoms with van der Waals surface area (Å²) in [4.78, 5) is 0. The SMILES string of the molecule is Cc1nn(-c2ccc(CCO)cc2)c(C)c1-c1ccc(F)cc1. The molecule has 1 heterocycles. The van der Waals surface area contributed by atoms with E-state index in [0.717, 1.165) is 33.8 Å². The largest absolute Gasteiger partial charge is 0.396 e. The zero-order valence-corrected chi connectivity index (χ0v) is 13.3. The Hall–Kier alpha value is -2.46. The monoisotopic (exact) mass is 310 g/mol. The molecule has 0 amide bonds. The van der Waals surface area contributed by atoms with Crippen molar-refractivity contribution >= 4 is 0 Å². The normalized spacial score (nSPS) is 11.0. The molecule has 0 spiro atoms. The van der Waals surface area contributed by atoms with Crippen molar-refractivity contribution in [1.82, 2.24) is 9.78 Å². The number of hydrogen-bond donors (Lipinski definition) is 1. The van der Waals surface area contributed by atoms with Gasteiger partial charge in [0, 0.05) is 17.9 Å². The van der Waals surface area contributed by atoms with E-state index >= 15 is 0 Å². The minimum atomic E-state index is -0.240. The summed E-state index contributed by atoms with van der Waals surface area (Å²) in [5.41, 5.74) is 5.99. The third kappa shape index (κ3) is 3.03. The first-order chi connectivity index (χ1) is 11.1. The van der Waals surface area contributed by atoms with E-state index in [1.54, 1.807) is 12.1 Å². The Labute approximate surface area is 135 Å². The van der Waals surface area contributed by atoms with Crippen molar-refractivity contribution in [3.05, 3.63) is 71.3 Å². The molecule has 118 valence electrons. The summed E-state index contributed by atoms with van der Waals surface area (Å²) >= 11 is 0. The van der Waals surface area contributed by atoms with Crippen molar-refractivity contribution in [1.29, 1.82) is 0 Å². The van der Waals surface area contributed by atoms with E-state index < -0.39 is 0 Å². The summed E-state index contributed by atoms with van der Waals surface area (Å²) in [7, 11) is 0. The minimum Gasteiger partial charge on any atom is -0.396 e. The van der Waals surface area contributed by atoms with Gasteiger partial charge in [-0.25, -0.2) is 9.07 Å². The molecular formula is C19H19FN2O. The van der Waals surface area contributed by atoms with Crippen LogP contribution in [0.1, 0.15) is 17.0 Å². The number of rotatable bonds is 4. The molecule has 0 radical (unpaired) electrons. The second-order valence-corrected chi connectivity index (χ2v) is 5.60. The van der Waals surface area contributed by atoms with Crippen LogP contribution < -0.4 is 0 Å². The van der Waals surface area contributed by atoms with Crippen molar-refractivity contribution < 1.29 is 9.50 Å². The maximum absolute atomic E-state index is 13.1. The van der Waals surface area contributed by atoms with Crippen LogP contribution in [-0.2, 0) is 6.42 Å². The Morgan fingerprint density at radius 1 is 1.00 bits per heavy atom. The average molecular weight is 310 g/mol. The number of benzene rings is 2. The molecule has 0 aliphatic rings. The molecule has 0 aliphatic carbocycles. The van der Waals surface area contributed by atoms with Crippen LogP contribution in [0.2, 0.25) is 0 Å². The van der Waals surface area contributed by atoms with E-state index in [4.69, 9.17) is 5.11 Å². The highest BCUT2D eigenvalue weighted by atomic mass is 19.1. The standard InChI is InChI=1S/C19H19FN2O/c1-13-19(16-5-7-17(20)8-6-16)14(2)22(21-13)18-9-3-15(4-10-18)11-12-23/h3-10,23H,11-12H2,1-2H3. The van der Waals surface area contributed by atoms with Gasteiger partial charge < -0.3 is 5.11 Å². The summed E-state index contributed by atoms with van der Waals surface area (Å²) in [6.07, 6.45) is 0.651. The summed E-state index contributed by atoms with van der Waals surface area (Å²) in [6, 6.07) is 14.5. The topological polar surface area (TPSA) is 38.0 Å². The summed E-state index contributed by atoms with van der Waals surface area (Å²) in [5.74, 6) is -0.240. The molecule has 3 nitrogen and oxygen atoms in total. The zero-order valence-electron chi connectivity index (χ0n) is 13.3. The summed E-state index contributed by atoms with van der Waals surface area (Å²) in [6.45, 7) is 4.12. The molecule has 2 aromatic carbocycles. The summed E-state index contributed by atoms with van der Waals surface area (Å²) in [5, 5.41) is 13.6. The maximum atomic E-state index is 13.1. The second kappa shape index (κ2) is 6.34. The highest BCUT2D eigenvalue weighted by Gasteiger charge is 2.14. The van der Waals surface area contributed by atoms with Gasteiger partial charge in [0.1, 0.15) is 5.82 Å². The minimum absolute atomic E-state index is 0.147. The van der Waals surface area contributed by atoms with Gasteiger partial charge in [-0.1, -0.05) is 24.3 Å². The van der Waals surface area contributed by atoms with Gasteiger partial charge in [0.2, 0.25) is 0 Å². The van der Waals surface area contributed by atoms with Gasteiger partial charge in [-0.2, -0.15) is 5.10 Å². The Bertz CT molecular complexity index is 805. The quantitative estimate of drug-likeness (QED) is 0.795. The van der Waals surface area contributed by atoms with Crippen LogP contribution in [0.25, 0.3) is 16.8 Å². The number of hydrogen-bond acceptors (Lipinski definition) is 2. The maximum Gasteiger partial charge on any atom is 0.123 e. The lowest BCUT2D eigenvalue weighted by Gasteiger charge is -2.07. The van der Waals surface area contributed by atoms with E-state index in [2.05, 4.69) is 5.10 Å². The van der Waals surface area contributed by atoms with Crippen LogP contribution in [0.15, 0.2) is 48.5 Å². The van der Waals surface area contributed by atoms with E-state index in [1.165, 1.54) is 12.1 Å². The highest BCUT2D eigenvalue weighted by molar-refractivity contribution is 5.69. The molecule has 0 atom stereocenters. The fraction of sp³-hybridized carbons (Fsp3) is 0.211. The van der Waals surface area contributed by atoms with Crippen LogP contribution in [0.5, 0.6) is 0 Å². The molecule has 23 heavy (non-hydrogen) atoms. The molecule has 4 heteroatoms. The molecule has 0 bridgehead atoms. The predicted molar refractivity (Wildman–Crippen MR) is 89.2 cm³/mol. The molecule has 1 aromatic heterocycles. The Morgan fingerprint density at radius 3 is 2.26 bits per heavy atom. The van der Waals surface area contributed by atoms with Gasteiger partial charge in [-0.3, -0.25) is 0 Å². The van der Waals surface area contributed by atoms with Crippen molar-refractivity contribution in [2.75, 3.05) is 6.61 Å². The second-order valence-electron chi connectivity index (χ2n) is 5.60. The number of halogens is 1. The first-order valence-corrected chi connectivity index (χ1v) is 7.62. The van der Waals surface area contributed by atoms with E-state index in [1.807, 2.05) is 42.8 Å². The molecule has 0 fully saturated rings. The lowest BCUT2D eigenvalue weighted by molar-refractivity contribution is 0.299. The Kier molecular flexibility index (Phi) is 4.26. The lowest BCUT2D eigenvalue weighted by Crippen LogP contribution is -2.00.